The zero-order valence-corrected chi connectivity index (χ0v) is 21.9. The van der Waals surface area contributed by atoms with Gasteiger partial charge in [-0.15, -0.1) is 0 Å². The van der Waals surface area contributed by atoms with Crippen molar-refractivity contribution in [3.05, 3.63) is 54.7 Å². The maximum atomic E-state index is 11.0. The highest BCUT2D eigenvalue weighted by atomic mass is 16.5. The van der Waals surface area contributed by atoms with Crippen molar-refractivity contribution in [2.45, 2.75) is 51.0 Å². The molecule has 192 valence electrons. The highest BCUT2D eigenvalue weighted by Crippen LogP contribution is 2.48. The molecule has 1 unspecified atom stereocenters. The molecular weight excluding hydrogens is 464 g/mol. The Morgan fingerprint density at radius 2 is 1.70 bits per heavy atom. The Hall–Kier alpha value is -3.52. The van der Waals surface area contributed by atoms with Crippen molar-refractivity contribution >= 4 is 54.4 Å². The van der Waals surface area contributed by atoms with Gasteiger partial charge in [-0.05, 0) is 46.4 Å². The van der Waals surface area contributed by atoms with Gasteiger partial charge < -0.3 is 34.8 Å². The van der Waals surface area contributed by atoms with Gasteiger partial charge in [0, 0.05) is 57.3 Å². The van der Waals surface area contributed by atoms with Crippen LogP contribution in [0.4, 0.5) is 0 Å². The number of aliphatic hydroxyl groups is 1. The van der Waals surface area contributed by atoms with Gasteiger partial charge in [0.15, 0.2) is 5.88 Å². The number of rotatable bonds is 7. The van der Waals surface area contributed by atoms with E-state index in [2.05, 4.69) is 70.1 Å². The van der Waals surface area contributed by atoms with Gasteiger partial charge in [-0.1, -0.05) is 36.4 Å². The van der Waals surface area contributed by atoms with Crippen LogP contribution in [0.25, 0.3) is 54.4 Å². The second-order valence-electron chi connectivity index (χ2n) is 10.7. The Morgan fingerprint density at radius 1 is 1.00 bits per heavy atom. The zero-order valence-electron chi connectivity index (χ0n) is 21.9. The fourth-order valence-corrected chi connectivity index (χ4v) is 6.62. The number of methoxy groups -OCH3 is 1. The molecule has 6 aromatic rings. The molecule has 0 bridgehead atoms. The molecule has 7 heteroatoms. The SMILES string of the molecule is CN[C@@H](CC(C)O)[C@H](OC)C(C)(C)n1c2ccccc2c2c3c[nH]c(O)c3c3c4ccccc4[nH]c3c21. The molecule has 3 aromatic carbocycles. The largest absolute Gasteiger partial charge is 0.494 e. The van der Waals surface area contributed by atoms with E-state index in [1.165, 1.54) is 0 Å². The zero-order chi connectivity index (χ0) is 26.1. The third-order valence-corrected chi connectivity index (χ3v) is 8.05. The lowest BCUT2D eigenvalue weighted by Crippen LogP contribution is -2.53. The predicted molar refractivity (Wildman–Crippen MR) is 152 cm³/mol. The van der Waals surface area contributed by atoms with Crippen LogP contribution >= 0.6 is 0 Å². The van der Waals surface area contributed by atoms with Gasteiger partial charge in [-0.25, -0.2) is 0 Å². The van der Waals surface area contributed by atoms with Gasteiger partial charge in [-0.3, -0.25) is 0 Å². The minimum atomic E-state index is -0.519. The predicted octanol–water partition coefficient (Wildman–Crippen LogP) is 5.72. The molecular formula is C30H34N4O3. The van der Waals surface area contributed by atoms with E-state index in [0.29, 0.717) is 6.42 Å². The third kappa shape index (κ3) is 3.31. The van der Waals surface area contributed by atoms with Crippen LogP contribution in [0.3, 0.4) is 0 Å². The van der Waals surface area contributed by atoms with Gasteiger partial charge in [0.1, 0.15) is 0 Å². The van der Waals surface area contributed by atoms with E-state index >= 15 is 0 Å². The van der Waals surface area contributed by atoms with Gasteiger partial charge in [0.25, 0.3) is 0 Å². The smallest absolute Gasteiger partial charge is 0.197 e. The van der Waals surface area contributed by atoms with Crippen molar-refractivity contribution in [2.75, 3.05) is 14.2 Å². The van der Waals surface area contributed by atoms with Crippen LogP contribution in [-0.4, -0.2) is 57.2 Å². The summed E-state index contributed by atoms with van der Waals surface area (Å²) in [5, 5.41) is 30.7. The highest BCUT2D eigenvalue weighted by molar-refractivity contribution is 6.36. The summed E-state index contributed by atoms with van der Waals surface area (Å²) in [6.45, 7) is 6.22. The maximum absolute atomic E-state index is 11.0. The molecule has 5 N–H and O–H groups in total. The molecule has 3 heterocycles. The topological polar surface area (TPSA) is 98.2 Å². The summed E-state index contributed by atoms with van der Waals surface area (Å²) in [4.78, 5) is 6.77. The summed E-state index contributed by atoms with van der Waals surface area (Å²) in [7, 11) is 3.66. The van der Waals surface area contributed by atoms with Crippen LogP contribution < -0.4 is 5.32 Å². The molecule has 3 atom stereocenters. The summed E-state index contributed by atoms with van der Waals surface area (Å²) in [6, 6.07) is 16.6. The summed E-state index contributed by atoms with van der Waals surface area (Å²) in [6.07, 6.45) is 1.76. The second kappa shape index (κ2) is 8.52. The van der Waals surface area contributed by atoms with Crippen molar-refractivity contribution in [1.29, 1.82) is 0 Å². The minimum absolute atomic E-state index is 0.0746. The van der Waals surface area contributed by atoms with E-state index in [9.17, 15) is 10.2 Å². The number of hydrogen-bond donors (Lipinski definition) is 5. The molecule has 0 radical (unpaired) electrons. The fourth-order valence-electron chi connectivity index (χ4n) is 6.62. The van der Waals surface area contributed by atoms with Crippen molar-refractivity contribution in [3.8, 4) is 5.88 Å². The Balaban J connectivity index is 1.82. The van der Waals surface area contributed by atoms with Crippen molar-refractivity contribution < 1.29 is 14.9 Å². The Bertz CT molecular complexity index is 1770. The molecule has 37 heavy (non-hydrogen) atoms. The lowest BCUT2D eigenvalue weighted by Gasteiger charge is -2.41. The molecule has 7 nitrogen and oxygen atoms in total. The molecule has 0 fully saturated rings. The van der Waals surface area contributed by atoms with Gasteiger partial charge in [-0.2, -0.15) is 0 Å². The molecule has 0 aliphatic heterocycles. The van der Waals surface area contributed by atoms with Crippen LogP contribution in [0.15, 0.2) is 54.7 Å². The molecule has 3 aromatic heterocycles. The summed E-state index contributed by atoms with van der Waals surface area (Å²) in [5.41, 5.74) is 3.64. The van der Waals surface area contributed by atoms with E-state index in [-0.39, 0.29) is 18.0 Å². The average Bonchev–Trinajstić information content (AvgIpc) is 3.54. The molecule has 0 amide bonds. The molecule has 0 aliphatic rings. The van der Waals surface area contributed by atoms with Crippen molar-refractivity contribution in [2.24, 2.45) is 0 Å². The van der Waals surface area contributed by atoms with Gasteiger partial charge in [0.05, 0.1) is 34.2 Å². The number of nitrogens with one attached hydrogen (secondary N) is 3. The number of fused-ring (bicyclic) bond motifs is 10. The molecule has 6 rings (SSSR count). The quantitative estimate of drug-likeness (QED) is 0.194. The van der Waals surface area contributed by atoms with Crippen LogP contribution in [-0.2, 0) is 10.3 Å². The fraction of sp³-hybridized carbons (Fsp3) is 0.333. The lowest BCUT2D eigenvalue weighted by molar-refractivity contribution is -0.0189. The average molecular weight is 499 g/mol. The number of aliphatic hydroxyl groups excluding tert-OH is 1. The molecule has 0 saturated carbocycles. The van der Waals surface area contributed by atoms with E-state index < -0.39 is 11.6 Å². The van der Waals surface area contributed by atoms with Crippen LogP contribution in [0.5, 0.6) is 5.88 Å². The van der Waals surface area contributed by atoms with Crippen molar-refractivity contribution in [1.82, 2.24) is 19.9 Å². The number of benzene rings is 3. The Kier molecular flexibility index (Phi) is 5.49. The Morgan fingerprint density at radius 3 is 2.41 bits per heavy atom. The number of para-hydroxylation sites is 2. The van der Waals surface area contributed by atoms with E-state index in [4.69, 9.17) is 4.74 Å². The van der Waals surface area contributed by atoms with Crippen molar-refractivity contribution in [3.63, 3.8) is 0 Å². The first-order valence-electron chi connectivity index (χ1n) is 12.8. The maximum Gasteiger partial charge on any atom is 0.197 e. The molecule has 0 aliphatic carbocycles. The second-order valence-corrected chi connectivity index (χ2v) is 10.7. The van der Waals surface area contributed by atoms with Gasteiger partial charge in [0.2, 0.25) is 0 Å². The number of ether oxygens (including phenoxy) is 1. The first kappa shape index (κ1) is 23.9. The number of H-pyrrole nitrogens is 2. The summed E-state index contributed by atoms with van der Waals surface area (Å²) in [5.74, 6) is 0.171. The third-order valence-electron chi connectivity index (χ3n) is 8.05. The Labute approximate surface area is 215 Å². The van der Waals surface area contributed by atoms with Crippen LogP contribution in [0.2, 0.25) is 0 Å². The number of aromatic amines is 2. The monoisotopic (exact) mass is 498 g/mol. The molecule has 0 saturated heterocycles. The van der Waals surface area contributed by atoms with Gasteiger partial charge >= 0.3 is 0 Å². The first-order valence-corrected chi connectivity index (χ1v) is 12.8. The number of aromatic hydroxyl groups is 1. The highest BCUT2D eigenvalue weighted by Gasteiger charge is 2.40. The van der Waals surface area contributed by atoms with E-state index in [0.717, 1.165) is 54.4 Å². The molecule has 0 spiro atoms. The minimum Gasteiger partial charge on any atom is -0.494 e. The normalized spacial score (nSPS) is 15.4. The number of aromatic nitrogens is 3. The lowest BCUT2D eigenvalue weighted by atomic mass is 9.87. The number of nitrogens with zero attached hydrogens (tertiary/aromatic N) is 1. The summed E-state index contributed by atoms with van der Waals surface area (Å²) < 4.78 is 8.59. The van der Waals surface area contributed by atoms with E-state index in [1.807, 2.05) is 32.3 Å². The summed E-state index contributed by atoms with van der Waals surface area (Å²) >= 11 is 0. The first-order chi connectivity index (χ1) is 17.8. The van der Waals surface area contributed by atoms with Crippen LogP contribution in [0, 0.1) is 0 Å². The number of likely N-dealkylation sites (N-methyl/N-ethyl adjacent to an activating group) is 1. The van der Waals surface area contributed by atoms with E-state index in [1.54, 1.807) is 7.11 Å². The standard InChI is InChI=1S/C30H34N4O3/c1-16(35)14-21(31-4)28(37-5)30(2,3)34-22-13-9-7-11-18(22)23-19-15-32-29(36)25(19)24-17-10-6-8-12-20(17)33-26(24)27(23)34/h6-13,15-16,21,28,31-33,35-36H,14H2,1-5H3/t16?,21-,28-/m0/s1. The number of hydrogen-bond acceptors (Lipinski definition) is 4. The van der Waals surface area contributed by atoms with Crippen LogP contribution in [0.1, 0.15) is 27.2 Å².